The largest absolute Gasteiger partial charge is 0.451 e. The van der Waals surface area contributed by atoms with Crippen LogP contribution in [0.2, 0.25) is 5.02 Å². The summed E-state index contributed by atoms with van der Waals surface area (Å²) in [6.45, 7) is 5.49. The number of aryl methyl sites for hydroxylation is 2. The van der Waals surface area contributed by atoms with Gasteiger partial charge in [0.1, 0.15) is 4.83 Å². The number of H-pyrrole nitrogens is 1. The summed E-state index contributed by atoms with van der Waals surface area (Å²) in [6, 6.07) is 13.0. The molecule has 2 aromatic carbocycles. The SMILES string of the molecule is Cc1sc2nc([C@H](C)OC(=O)c3cc(S(=O)(=O)N(C)Cc4ccccc4)ccc3Cl)[nH]c(=O)c2c1C. The minimum Gasteiger partial charge on any atom is -0.451 e. The van der Waals surface area contributed by atoms with Crippen LogP contribution in [0.5, 0.6) is 0 Å². The summed E-state index contributed by atoms with van der Waals surface area (Å²) >= 11 is 7.61. The lowest BCUT2D eigenvalue weighted by Crippen LogP contribution is -2.26. The van der Waals surface area contributed by atoms with E-state index in [0.29, 0.717) is 10.2 Å². The minimum absolute atomic E-state index is 0.0401. The van der Waals surface area contributed by atoms with Crippen LogP contribution >= 0.6 is 22.9 Å². The predicted octanol–water partition coefficient (Wildman–Crippen LogP) is 4.99. The van der Waals surface area contributed by atoms with Gasteiger partial charge >= 0.3 is 5.97 Å². The molecule has 8 nitrogen and oxygen atoms in total. The summed E-state index contributed by atoms with van der Waals surface area (Å²) in [5.41, 5.74) is 1.26. The molecule has 2 heterocycles. The number of rotatable bonds is 7. The van der Waals surface area contributed by atoms with Crippen LogP contribution in [0.3, 0.4) is 0 Å². The molecule has 0 aliphatic heterocycles. The fourth-order valence-electron chi connectivity index (χ4n) is 3.67. The number of aromatic nitrogens is 2. The number of thiophene rings is 1. The number of halogens is 1. The van der Waals surface area contributed by atoms with Gasteiger partial charge in [0.25, 0.3) is 5.56 Å². The molecule has 1 atom stereocenters. The Kier molecular flexibility index (Phi) is 7.33. The number of hydrogen-bond donors (Lipinski definition) is 1. The molecule has 188 valence electrons. The molecule has 0 aliphatic rings. The van der Waals surface area contributed by atoms with Crippen LogP contribution in [0.25, 0.3) is 10.2 Å². The Bertz CT molecular complexity index is 1610. The highest BCUT2D eigenvalue weighted by atomic mass is 35.5. The van der Waals surface area contributed by atoms with Gasteiger partial charge in [0.2, 0.25) is 10.0 Å². The number of sulfonamides is 1. The van der Waals surface area contributed by atoms with Crippen molar-refractivity contribution in [1.29, 1.82) is 0 Å². The molecule has 0 aliphatic carbocycles. The molecule has 0 saturated heterocycles. The van der Waals surface area contributed by atoms with Gasteiger partial charge < -0.3 is 9.72 Å². The maximum Gasteiger partial charge on any atom is 0.340 e. The fourth-order valence-corrected chi connectivity index (χ4v) is 6.09. The molecule has 0 unspecified atom stereocenters. The first-order chi connectivity index (χ1) is 17.0. The third-order valence-corrected chi connectivity index (χ3v) is 9.07. The van der Waals surface area contributed by atoms with E-state index in [4.69, 9.17) is 16.3 Å². The first-order valence-electron chi connectivity index (χ1n) is 11.0. The number of carbonyl (C=O) groups is 1. The van der Waals surface area contributed by atoms with Crippen molar-refractivity contribution >= 4 is 49.1 Å². The van der Waals surface area contributed by atoms with E-state index in [1.807, 2.05) is 44.2 Å². The van der Waals surface area contributed by atoms with Gasteiger partial charge in [-0.2, -0.15) is 4.31 Å². The van der Waals surface area contributed by atoms with Crippen molar-refractivity contribution in [3.63, 3.8) is 0 Å². The molecular formula is C25H24ClN3O5S2. The summed E-state index contributed by atoms with van der Waals surface area (Å²) in [6.07, 6.45) is -0.908. The van der Waals surface area contributed by atoms with Gasteiger partial charge in [-0.15, -0.1) is 11.3 Å². The number of ether oxygens (including phenoxy) is 1. The highest BCUT2D eigenvalue weighted by Gasteiger charge is 2.25. The maximum absolute atomic E-state index is 13.1. The number of fused-ring (bicyclic) bond motifs is 1. The fraction of sp³-hybridized carbons (Fsp3) is 0.240. The standard InChI is InChI=1S/C25H24ClN3O5S2/c1-14-16(3)35-24-21(14)23(30)27-22(28-24)15(2)34-25(31)19-12-18(10-11-20(19)26)36(32,33)29(4)13-17-8-6-5-7-9-17/h5-12,15H,13H2,1-4H3,(H,27,28,30)/t15-/m0/s1. The van der Waals surface area contributed by atoms with Crippen molar-refractivity contribution in [2.24, 2.45) is 0 Å². The van der Waals surface area contributed by atoms with Crippen LogP contribution in [0.4, 0.5) is 0 Å². The van der Waals surface area contributed by atoms with Crippen molar-refractivity contribution in [2.45, 2.75) is 38.3 Å². The van der Waals surface area contributed by atoms with E-state index in [2.05, 4.69) is 9.97 Å². The average Bonchev–Trinajstić information content (AvgIpc) is 3.13. The van der Waals surface area contributed by atoms with Crippen molar-refractivity contribution in [2.75, 3.05) is 7.05 Å². The molecule has 1 N–H and O–H groups in total. The highest BCUT2D eigenvalue weighted by molar-refractivity contribution is 7.89. The topological polar surface area (TPSA) is 109 Å². The molecular weight excluding hydrogens is 522 g/mol. The second-order valence-electron chi connectivity index (χ2n) is 8.35. The Morgan fingerprint density at radius 3 is 2.58 bits per heavy atom. The maximum atomic E-state index is 13.1. The molecule has 0 saturated carbocycles. The summed E-state index contributed by atoms with van der Waals surface area (Å²) in [4.78, 5) is 34.1. The van der Waals surface area contributed by atoms with E-state index < -0.39 is 22.1 Å². The average molecular weight is 546 g/mol. The zero-order chi connectivity index (χ0) is 26.2. The Morgan fingerprint density at radius 1 is 1.19 bits per heavy atom. The Hall–Kier alpha value is -3.05. The second kappa shape index (κ2) is 10.1. The zero-order valence-corrected chi connectivity index (χ0v) is 22.4. The molecule has 0 spiro atoms. The van der Waals surface area contributed by atoms with Crippen LogP contribution in [0, 0.1) is 13.8 Å². The van der Waals surface area contributed by atoms with E-state index in [1.54, 1.807) is 6.92 Å². The van der Waals surface area contributed by atoms with Crippen LogP contribution in [-0.4, -0.2) is 35.7 Å². The van der Waals surface area contributed by atoms with Crippen LogP contribution in [0.1, 0.15) is 45.2 Å². The van der Waals surface area contributed by atoms with Gasteiger partial charge in [-0.3, -0.25) is 4.79 Å². The zero-order valence-electron chi connectivity index (χ0n) is 20.0. The quantitative estimate of drug-likeness (QED) is 0.327. The molecule has 0 amide bonds. The molecule has 36 heavy (non-hydrogen) atoms. The molecule has 0 bridgehead atoms. The van der Waals surface area contributed by atoms with Gasteiger partial charge in [0.15, 0.2) is 11.9 Å². The van der Waals surface area contributed by atoms with Crippen molar-refractivity contribution < 1.29 is 17.9 Å². The van der Waals surface area contributed by atoms with E-state index >= 15 is 0 Å². The molecule has 0 fully saturated rings. The van der Waals surface area contributed by atoms with Gasteiger partial charge in [-0.25, -0.2) is 18.2 Å². The van der Waals surface area contributed by atoms with Gasteiger partial charge in [-0.05, 0) is 50.1 Å². The van der Waals surface area contributed by atoms with Crippen molar-refractivity contribution in [1.82, 2.24) is 14.3 Å². The molecule has 0 radical (unpaired) electrons. The van der Waals surface area contributed by atoms with Crippen LogP contribution in [-0.2, 0) is 21.3 Å². The van der Waals surface area contributed by atoms with Crippen molar-refractivity contribution in [3.8, 4) is 0 Å². The number of benzene rings is 2. The number of carbonyl (C=O) groups excluding carboxylic acids is 1. The van der Waals surface area contributed by atoms with Crippen LogP contribution in [0.15, 0.2) is 58.2 Å². The molecule has 11 heteroatoms. The minimum atomic E-state index is -3.91. The van der Waals surface area contributed by atoms with E-state index in [-0.39, 0.29) is 33.4 Å². The number of nitrogens with one attached hydrogen (secondary N) is 1. The lowest BCUT2D eigenvalue weighted by molar-refractivity contribution is 0.0320. The third kappa shape index (κ3) is 5.08. The van der Waals surface area contributed by atoms with E-state index in [9.17, 15) is 18.0 Å². The lowest BCUT2D eigenvalue weighted by atomic mass is 10.2. The Labute approximate surface area is 217 Å². The molecule has 2 aromatic heterocycles. The van der Waals surface area contributed by atoms with Gasteiger partial charge in [0, 0.05) is 18.5 Å². The molecule has 4 rings (SSSR count). The normalized spacial score (nSPS) is 12.7. The number of nitrogens with zero attached hydrogens (tertiary/aromatic N) is 2. The van der Waals surface area contributed by atoms with Gasteiger partial charge in [0.05, 0.1) is 20.9 Å². The highest BCUT2D eigenvalue weighted by Crippen LogP contribution is 2.28. The summed E-state index contributed by atoms with van der Waals surface area (Å²) in [7, 11) is -2.45. The Morgan fingerprint density at radius 2 is 1.89 bits per heavy atom. The van der Waals surface area contributed by atoms with E-state index in [1.165, 1.54) is 40.9 Å². The summed E-state index contributed by atoms with van der Waals surface area (Å²) in [5, 5.41) is 0.554. The van der Waals surface area contributed by atoms with E-state index in [0.717, 1.165) is 16.0 Å². The smallest absolute Gasteiger partial charge is 0.340 e. The number of esters is 1. The lowest BCUT2D eigenvalue weighted by Gasteiger charge is -2.18. The molecule has 4 aromatic rings. The predicted molar refractivity (Wildman–Crippen MR) is 140 cm³/mol. The Balaban J connectivity index is 1.58. The first kappa shape index (κ1) is 26.0. The number of aromatic amines is 1. The monoisotopic (exact) mass is 545 g/mol. The van der Waals surface area contributed by atoms with Crippen molar-refractivity contribution in [3.05, 3.63) is 91.3 Å². The second-order valence-corrected chi connectivity index (χ2v) is 12.0. The van der Waals surface area contributed by atoms with Crippen LogP contribution < -0.4 is 5.56 Å². The summed E-state index contributed by atoms with van der Waals surface area (Å²) < 4.78 is 33.0. The van der Waals surface area contributed by atoms with Gasteiger partial charge in [-0.1, -0.05) is 41.9 Å². The summed E-state index contributed by atoms with van der Waals surface area (Å²) in [5.74, 6) is -0.652. The third-order valence-electron chi connectivity index (χ3n) is 5.84. The first-order valence-corrected chi connectivity index (χ1v) is 13.6. The number of hydrogen-bond acceptors (Lipinski definition) is 7.